The van der Waals surface area contributed by atoms with E-state index in [4.69, 9.17) is 4.74 Å². The van der Waals surface area contributed by atoms with Crippen molar-refractivity contribution in [1.82, 2.24) is 4.98 Å². The molecular weight excluding hydrogens is 350 g/mol. The number of hydrogen-bond donors (Lipinski definition) is 2. The largest absolute Gasteiger partial charge is 0.385 e. The lowest BCUT2D eigenvalue weighted by Crippen LogP contribution is -2.22. The first kappa shape index (κ1) is 19.6. The fourth-order valence-electron chi connectivity index (χ4n) is 3.01. The third-order valence-corrected chi connectivity index (χ3v) is 4.40. The molecule has 0 atom stereocenters. The lowest BCUT2D eigenvalue weighted by molar-refractivity contribution is -0.116. The van der Waals surface area contributed by atoms with Crippen molar-refractivity contribution in [3.63, 3.8) is 0 Å². The van der Waals surface area contributed by atoms with Gasteiger partial charge >= 0.3 is 0 Å². The van der Waals surface area contributed by atoms with Gasteiger partial charge in [-0.3, -0.25) is 4.79 Å². The zero-order valence-corrected chi connectivity index (χ0v) is 16.0. The molecule has 2 N–H and O–H groups in total. The number of ether oxygens (including phenoxy) is 1. The number of anilines is 2. The van der Waals surface area contributed by atoms with Crippen LogP contribution in [-0.2, 0) is 9.53 Å². The van der Waals surface area contributed by atoms with Crippen molar-refractivity contribution in [3.8, 4) is 0 Å². The summed E-state index contributed by atoms with van der Waals surface area (Å²) in [5.74, 6) is 0.0334. The first-order valence-electron chi connectivity index (χ1n) is 9.37. The van der Waals surface area contributed by atoms with Gasteiger partial charge in [0, 0.05) is 20.3 Å². The fraction of sp³-hybridized carbons (Fsp3) is 0.217. The molecule has 0 fully saturated rings. The summed E-state index contributed by atoms with van der Waals surface area (Å²) in [5.41, 5.74) is 2.81. The molecule has 3 aromatic rings. The van der Waals surface area contributed by atoms with Crippen LogP contribution >= 0.6 is 0 Å². The van der Waals surface area contributed by atoms with Gasteiger partial charge in [-0.25, -0.2) is 4.98 Å². The number of nitrogens with zero attached hydrogens (tertiary/aromatic N) is 1. The Morgan fingerprint density at radius 3 is 2.14 bits per heavy atom. The van der Waals surface area contributed by atoms with Gasteiger partial charge in [0.2, 0.25) is 5.91 Å². The Kier molecular flexibility index (Phi) is 7.15. The third kappa shape index (κ3) is 5.41. The highest BCUT2D eigenvalue weighted by molar-refractivity contribution is 5.97. The standard InChI is InChI=1S/C23H25N3O2/c1-28-16-8-15-24-20-13-14-21(25-17-20)26-23(27)22(18-9-4-2-5-10-18)19-11-6-3-7-12-19/h2-7,9-14,17,22,24H,8,15-16H2,1H3,(H,25,26,27). The number of amides is 1. The van der Waals surface area contributed by atoms with Crippen molar-refractivity contribution in [3.05, 3.63) is 90.1 Å². The molecule has 0 aliphatic carbocycles. The monoisotopic (exact) mass is 375 g/mol. The van der Waals surface area contributed by atoms with Crippen LogP contribution in [0.2, 0.25) is 0 Å². The molecule has 0 aliphatic heterocycles. The third-order valence-electron chi connectivity index (χ3n) is 4.40. The minimum atomic E-state index is -0.393. The fourth-order valence-corrected chi connectivity index (χ4v) is 3.01. The van der Waals surface area contributed by atoms with Crippen LogP contribution in [0.5, 0.6) is 0 Å². The summed E-state index contributed by atoms with van der Waals surface area (Å²) in [5, 5.41) is 6.22. The lowest BCUT2D eigenvalue weighted by Gasteiger charge is -2.17. The number of aromatic nitrogens is 1. The van der Waals surface area contributed by atoms with E-state index in [1.54, 1.807) is 13.3 Å². The van der Waals surface area contributed by atoms with E-state index in [1.165, 1.54) is 0 Å². The van der Waals surface area contributed by atoms with Crippen LogP contribution < -0.4 is 10.6 Å². The smallest absolute Gasteiger partial charge is 0.237 e. The molecule has 2 aromatic carbocycles. The molecule has 0 saturated heterocycles. The maximum absolute atomic E-state index is 13.1. The SMILES string of the molecule is COCCCNc1ccc(NC(=O)C(c2ccccc2)c2ccccc2)nc1. The summed E-state index contributed by atoms with van der Waals surface area (Å²) in [6, 6.07) is 23.3. The number of rotatable bonds is 9. The molecule has 3 rings (SSSR count). The number of pyridine rings is 1. The second-order valence-corrected chi connectivity index (χ2v) is 6.45. The van der Waals surface area contributed by atoms with Gasteiger partial charge in [-0.2, -0.15) is 0 Å². The molecule has 1 heterocycles. The zero-order valence-electron chi connectivity index (χ0n) is 16.0. The Morgan fingerprint density at radius 2 is 1.61 bits per heavy atom. The van der Waals surface area contributed by atoms with E-state index in [9.17, 15) is 4.79 Å². The van der Waals surface area contributed by atoms with Crippen LogP contribution in [-0.4, -0.2) is 31.2 Å². The van der Waals surface area contributed by atoms with Gasteiger partial charge in [-0.05, 0) is 29.7 Å². The maximum Gasteiger partial charge on any atom is 0.237 e. The van der Waals surface area contributed by atoms with Gasteiger partial charge < -0.3 is 15.4 Å². The van der Waals surface area contributed by atoms with Crippen LogP contribution in [0.3, 0.4) is 0 Å². The van der Waals surface area contributed by atoms with Gasteiger partial charge in [0.1, 0.15) is 5.82 Å². The predicted octanol–water partition coefficient (Wildman–Crippen LogP) is 4.30. The van der Waals surface area contributed by atoms with E-state index in [-0.39, 0.29) is 5.91 Å². The highest BCUT2D eigenvalue weighted by atomic mass is 16.5. The summed E-state index contributed by atoms with van der Waals surface area (Å²) in [6.07, 6.45) is 2.65. The summed E-state index contributed by atoms with van der Waals surface area (Å²) >= 11 is 0. The molecule has 0 bridgehead atoms. The molecule has 0 spiro atoms. The van der Waals surface area contributed by atoms with E-state index in [1.807, 2.05) is 72.8 Å². The maximum atomic E-state index is 13.1. The van der Waals surface area contributed by atoms with Gasteiger partial charge in [-0.15, -0.1) is 0 Å². The van der Waals surface area contributed by atoms with Gasteiger partial charge in [0.05, 0.1) is 17.8 Å². The Labute approximate surface area is 165 Å². The van der Waals surface area contributed by atoms with E-state index >= 15 is 0 Å². The molecule has 28 heavy (non-hydrogen) atoms. The molecule has 1 amide bonds. The second kappa shape index (κ2) is 10.2. The highest BCUT2D eigenvalue weighted by Crippen LogP contribution is 2.26. The normalized spacial score (nSPS) is 10.6. The Bertz CT molecular complexity index is 813. The van der Waals surface area contributed by atoms with Crippen LogP contribution in [0.25, 0.3) is 0 Å². The van der Waals surface area contributed by atoms with Crippen molar-refractivity contribution in [1.29, 1.82) is 0 Å². The first-order chi connectivity index (χ1) is 13.8. The van der Waals surface area contributed by atoms with Gasteiger partial charge in [-0.1, -0.05) is 60.7 Å². The average Bonchev–Trinajstić information content (AvgIpc) is 2.74. The molecule has 1 aromatic heterocycles. The highest BCUT2D eigenvalue weighted by Gasteiger charge is 2.22. The Hall–Kier alpha value is -3.18. The molecule has 5 heteroatoms. The lowest BCUT2D eigenvalue weighted by atomic mass is 9.90. The summed E-state index contributed by atoms with van der Waals surface area (Å²) in [6.45, 7) is 1.53. The van der Waals surface area contributed by atoms with Gasteiger partial charge in [0.15, 0.2) is 0 Å². The molecule has 5 nitrogen and oxygen atoms in total. The van der Waals surface area contributed by atoms with Crippen LogP contribution in [0.15, 0.2) is 79.0 Å². The molecule has 144 valence electrons. The molecule has 0 radical (unpaired) electrons. The van der Waals surface area contributed by atoms with E-state index in [2.05, 4.69) is 15.6 Å². The van der Waals surface area contributed by atoms with Gasteiger partial charge in [0.25, 0.3) is 0 Å². The summed E-state index contributed by atoms with van der Waals surface area (Å²) in [7, 11) is 1.69. The second-order valence-electron chi connectivity index (χ2n) is 6.45. The van der Waals surface area contributed by atoms with Crippen molar-refractivity contribution in [2.45, 2.75) is 12.3 Å². The number of hydrogen-bond acceptors (Lipinski definition) is 4. The number of carbonyl (C=O) groups is 1. The quantitative estimate of drug-likeness (QED) is 0.547. The van der Waals surface area contributed by atoms with E-state index in [0.29, 0.717) is 5.82 Å². The van der Waals surface area contributed by atoms with E-state index in [0.717, 1.165) is 36.4 Å². The average molecular weight is 375 g/mol. The molecule has 0 saturated carbocycles. The van der Waals surface area contributed by atoms with Crippen LogP contribution in [0.4, 0.5) is 11.5 Å². The van der Waals surface area contributed by atoms with Crippen molar-refractivity contribution in [2.75, 3.05) is 30.9 Å². The number of benzene rings is 2. The Morgan fingerprint density at radius 1 is 0.964 bits per heavy atom. The van der Waals surface area contributed by atoms with E-state index < -0.39 is 5.92 Å². The summed E-state index contributed by atoms with van der Waals surface area (Å²) in [4.78, 5) is 17.4. The zero-order chi connectivity index (χ0) is 19.6. The number of carbonyl (C=O) groups excluding carboxylic acids is 1. The topological polar surface area (TPSA) is 63.2 Å². The van der Waals surface area contributed by atoms with Crippen LogP contribution in [0.1, 0.15) is 23.5 Å². The van der Waals surface area contributed by atoms with Crippen molar-refractivity contribution in [2.24, 2.45) is 0 Å². The number of methoxy groups -OCH3 is 1. The number of nitrogens with one attached hydrogen (secondary N) is 2. The molecule has 0 aliphatic rings. The van der Waals surface area contributed by atoms with Crippen molar-refractivity contribution < 1.29 is 9.53 Å². The minimum absolute atomic E-state index is 0.106. The summed E-state index contributed by atoms with van der Waals surface area (Å²) < 4.78 is 5.03. The molecule has 0 unspecified atom stereocenters. The van der Waals surface area contributed by atoms with Crippen LogP contribution in [0, 0.1) is 0 Å². The van der Waals surface area contributed by atoms with Crippen molar-refractivity contribution >= 4 is 17.4 Å². The molecular formula is C23H25N3O2. The minimum Gasteiger partial charge on any atom is -0.385 e. The predicted molar refractivity (Wildman–Crippen MR) is 113 cm³/mol. The Balaban J connectivity index is 1.70. The first-order valence-corrected chi connectivity index (χ1v) is 9.37.